The summed E-state index contributed by atoms with van der Waals surface area (Å²) in [7, 11) is 0. The summed E-state index contributed by atoms with van der Waals surface area (Å²) in [5.74, 6) is 0.606. The number of para-hydroxylation sites is 1. The third-order valence-electron chi connectivity index (χ3n) is 4.04. The van der Waals surface area contributed by atoms with Crippen molar-refractivity contribution >= 4 is 17.5 Å². The predicted octanol–water partition coefficient (Wildman–Crippen LogP) is 3.79. The van der Waals surface area contributed by atoms with Gasteiger partial charge in [0.2, 0.25) is 0 Å². The highest BCUT2D eigenvalue weighted by Crippen LogP contribution is 2.31. The van der Waals surface area contributed by atoms with Gasteiger partial charge in [0.05, 0.1) is 5.25 Å². The standard InChI is InChI=1S/C18H20FN3O2S/c1-2-11-22-17(12-24-15-9-5-3-7-13(15)19)20-21-18(22)25-16-10-6-4-8-14(16)23/h2-3,5,7,9,16H,1,4,6,8,10-12H2. The summed E-state index contributed by atoms with van der Waals surface area (Å²) in [4.78, 5) is 12.1. The molecule has 0 bridgehead atoms. The van der Waals surface area contributed by atoms with Crippen molar-refractivity contribution in [2.45, 2.75) is 49.2 Å². The lowest BCUT2D eigenvalue weighted by atomic mass is 9.99. The molecule has 3 rings (SSSR count). The molecule has 1 heterocycles. The van der Waals surface area contributed by atoms with Crippen molar-refractivity contribution in [2.24, 2.45) is 0 Å². The smallest absolute Gasteiger partial charge is 0.192 e. The molecule has 0 saturated heterocycles. The number of aromatic nitrogens is 3. The van der Waals surface area contributed by atoms with Gasteiger partial charge in [-0.15, -0.1) is 16.8 Å². The van der Waals surface area contributed by atoms with Gasteiger partial charge < -0.3 is 4.74 Å². The number of rotatable bonds is 7. The summed E-state index contributed by atoms with van der Waals surface area (Å²) < 4.78 is 21.1. The molecule has 0 N–H and O–H groups in total. The number of hydrogen-bond donors (Lipinski definition) is 0. The van der Waals surface area contributed by atoms with Crippen LogP contribution in [0.4, 0.5) is 4.39 Å². The largest absolute Gasteiger partial charge is 0.483 e. The number of thioether (sulfide) groups is 1. The number of benzene rings is 1. The second-order valence-electron chi connectivity index (χ2n) is 5.84. The zero-order valence-corrected chi connectivity index (χ0v) is 14.7. The summed E-state index contributed by atoms with van der Waals surface area (Å²) >= 11 is 1.45. The Hall–Kier alpha value is -2.15. The quantitative estimate of drug-likeness (QED) is 0.703. The first kappa shape index (κ1) is 17.7. The lowest BCUT2D eigenvalue weighted by Gasteiger charge is -2.19. The van der Waals surface area contributed by atoms with E-state index in [1.54, 1.807) is 24.3 Å². The van der Waals surface area contributed by atoms with Crippen molar-refractivity contribution in [1.29, 1.82) is 0 Å². The van der Waals surface area contributed by atoms with Crippen molar-refractivity contribution in [3.63, 3.8) is 0 Å². The number of carbonyl (C=O) groups excluding carboxylic acids is 1. The topological polar surface area (TPSA) is 57.0 Å². The van der Waals surface area contributed by atoms with Crippen LogP contribution in [0.1, 0.15) is 31.5 Å². The Kier molecular flexibility index (Phi) is 5.86. The van der Waals surface area contributed by atoms with E-state index in [9.17, 15) is 9.18 Å². The average molecular weight is 361 g/mol. The molecule has 7 heteroatoms. The molecular formula is C18H20FN3O2S. The zero-order chi connectivity index (χ0) is 17.6. The number of ether oxygens (including phenoxy) is 1. The summed E-state index contributed by atoms with van der Waals surface area (Å²) in [6.45, 7) is 4.36. The molecule has 2 aromatic rings. The Balaban J connectivity index is 1.73. The van der Waals surface area contributed by atoms with E-state index < -0.39 is 5.82 Å². The molecule has 1 atom stereocenters. The fourth-order valence-corrected chi connectivity index (χ4v) is 3.92. The molecule has 5 nitrogen and oxygen atoms in total. The normalized spacial score (nSPS) is 17.5. The van der Waals surface area contributed by atoms with Gasteiger partial charge >= 0.3 is 0 Å². The van der Waals surface area contributed by atoms with Crippen molar-refractivity contribution in [3.05, 3.63) is 48.6 Å². The Morgan fingerprint density at radius 1 is 1.36 bits per heavy atom. The molecule has 0 amide bonds. The molecule has 1 fully saturated rings. The van der Waals surface area contributed by atoms with E-state index in [2.05, 4.69) is 16.8 Å². The van der Waals surface area contributed by atoms with Crippen LogP contribution in [0.5, 0.6) is 5.75 Å². The highest BCUT2D eigenvalue weighted by molar-refractivity contribution is 8.00. The van der Waals surface area contributed by atoms with Gasteiger partial charge in [-0.2, -0.15) is 0 Å². The van der Waals surface area contributed by atoms with Gasteiger partial charge in [-0.3, -0.25) is 9.36 Å². The number of hydrogen-bond acceptors (Lipinski definition) is 5. The number of nitrogens with zero attached hydrogens (tertiary/aromatic N) is 3. The van der Waals surface area contributed by atoms with E-state index in [-0.39, 0.29) is 23.4 Å². The van der Waals surface area contributed by atoms with Crippen LogP contribution in [0.2, 0.25) is 0 Å². The van der Waals surface area contributed by atoms with Crippen LogP contribution in [0.15, 0.2) is 42.1 Å². The van der Waals surface area contributed by atoms with E-state index >= 15 is 0 Å². The predicted molar refractivity (Wildman–Crippen MR) is 94.1 cm³/mol. The molecule has 1 aromatic heterocycles. The van der Waals surface area contributed by atoms with Crippen molar-refractivity contribution in [2.75, 3.05) is 0 Å². The van der Waals surface area contributed by atoms with Gasteiger partial charge in [-0.05, 0) is 25.0 Å². The van der Waals surface area contributed by atoms with E-state index in [4.69, 9.17) is 4.74 Å². The maximum absolute atomic E-state index is 13.7. The second kappa shape index (κ2) is 8.29. The molecule has 0 spiro atoms. The maximum Gasteiger partial charge on any atom is 0.192 e. The Morgan fingerprint density at radius 2 is 2.20 bits per heavy atom. The fourth-order valence-electron chi connectivity index (χ4n) is 2.73. The minimum Gasteiger partial charge on any atom is -0.483 e. The van der Waals surface area contributed by atoms with Crippen LogP contribution in [-0.2, 0) is 17.9 Å². The number of Topliss-reactive ketones (excluding diaryl/α,β-unsaturated/α-hetero) is 1. The molecule has 0 aliphatic heterocycles. The molecular weight excluding hydrogens is 341 g/mol. The third kappa shape index (κ3) is 4.28. The lowest BCUT2D eigenvalue weighted by Crippen LogP contribution is -2.22. The first-order chi connectivity index (χ1) is 12.2. The molecule has 1 saturated carbocycles. The van der Waals surface area contributed by atoms with Gasteiger partial charge in [-0.1, -0.05) is 36.4 Å². The van der Waals surface area contributed by atoms with Crippen molar-refractivity contribution < 1.29 is 13.9 Å². The first-order valence-electron chi connectivity index (χ1n) is 8.28. The van der Waals surface area contributed by atoms with Crippen LogP contribution in [-0.4, -0.2) is 25.8 Å². The van der Waals surface area contributed by atoms with E-state index in [1.165, 1.54) is 17.8 Å². The summed E-state index contributed by atoms with van der Waals surface area (Å²) in [5, 5.41) is 8.96. The Labute approximate surface area is 150 Å². The minimum atomic E-state index is -0.417. The summed E-state index contributed by atoms with van der Waals surface area (Å²) in [6, 6.07) is 6.24. The van der Waals surface area contributed by atoms with Gasteiger partial charge in [0.25, 0.3) is 0 Å². The van der Waals surface area contributed by atoms with Crippen LogP contribution in [0.25, 0.3) is 0 Å². The van der Waals surface area contributed by atoms with E-state index in [0.29, 0.717) is 23.9 Å². The molecule has 1 unspecified atom stereocenters. The minimum absolute atomic E-state index is 0.0677. The first-order valence-corrected chi connectivity index (χ1v) is 9.16. The van der Waals surface area contributed by atoms with Crippen LogP contribution in [0, 0.1) is 5.82 Å². The van der Waals surface area contributed by atoms with Crippen molar-refractivity contribution in [3.8, 4) is 5.75 Å². The highest BCUT2D eigenvalue weighted by Gasteiger charge is 2.26. The van der Waals surface area contributed by atoms with Gasteiger partial charge in [0.15, 0.2) is 22.5 Å². The van der Waals surface area contributed by atoms with Crippen molar-refractivity contribution in [1.82, 2.24) is 14.8 Å². The summed E-state index contributed by atoms with van der Waals surface area (Å²) in [6.07, 6.45) is 5.27. The van der Waals surface area contributed by atoms with E-state index in [1.807, 2.05) is 4.57 Å². The fraction of sp³-hybridized carbons (Fsp3) is 0.389. The zero-order valence-electron chi connectivity index (χ0n) is 13.9. The average Bonchev–Trinajstić information content (AvgIpc) is 2.98. The molecule has 1 aliphatic rings. The monoisotopic (exact) mass is 361 g/mol. The highest BCUT2D eigenvalue weighted by atomic mass is 32.2. The third-order valence-corrected chi connectivity index (χ3v) is 5.34. The van der Waals surface area contributed by atoms with Crippen LogP contribution in [0.3, 0.4) is 0 Å². The molecule has 0 radical (unpaired) electrons. The van der Waals surface area contributed by atoms with E-state index in [0.717, 1.165) is 19.3 Å². The number of carbonyl (C=O) groups is 1. The van der Waals surface area contributed by atoms with Crippen LogP contribution < -0.4 is 4.74 Å². The van der Waals surface area contributed by atoms with Gasteiger partial charge in [0.1, 0.15) is 12.4 Å². The number of ketones is 1. The van der Waals surface area contributed by atoms with Crippen LogP contribution >= 0.6 is 11.8 Å². The lowest BCUT2D eigenvalue weighted by molar-refractivity contribution is -0.119. The SMILES string of the molecule is C=CCn1c(COc2ccccc2F)nnc1SC1CCCCC1=O. The van der Waals surface area contributed by atoms with Gasteiger partial charge in [-0.25, -0.2) is 4.39 Å². The Morgan fingerprint density at radius 3 is 2.96 bits per heavy atom. The maximum atomic E-state index is 13.7. The Bertz CT molecular complexity index is 763. The van der Waals surface area contributed by atoms with Gasteiger partial charge in [0, 0.05) is 13.0 Å². The molecule has 25 heavy (non-hydrogen) atoms. The molecule has 1 aliphatic carbocycles. The number of halogens is 1. The second-order valence-corrected chi connectivity index (χ2v) is 7.01. The number of allylic oxidation sites excluding steroid dienone is 1. The molecule has 132 valence electrons. The summed E-state index contributed by atoms with van der Waals surface area (Å²) in [5.41, 5.74) is 0. The molecule has 1 aromatic carbocycles.